The molecule has 0 aliphatic heterocycles. The molecule has 20 heavy (non-hydrogen) atoms. The summed E-state index contributed by atoms with van der Waals surface area (Å²) in [5.41, 5.74) is 7.04. The van der Waals surface area contributed by atoms with Crippen molar-refractivity contribution in [3.05, 3.63) is 47.8 Å². The first-order chi connectivity index (χ1) is 9.60. The Labute approximate surface area is 117 Å². The Morgan fingerprint density at radius 1 is 1.40 bits per heavy atom. The lowest BCUT2D eigenvalue weighted by molar-refractivity contribution is 0.307. The number of amidine groups is 1. The summed E-state index contributed by atoms with van der Waals surface area (Å²) in [6.45, 7) is 1.46. The second-order valence-corrected chi connectivity index (χ2v) is 4.66. The highest BCUT2D eigenvalue weighted by Gasteiger charge is 2.07. The molecule has 7 nitrogen and oxygen atoms in total. The largest absolute Gasteiger partial charge is 0.409 e. The molecule has 2 aromatic rings. The smallest absolute Gasteiger partial charge is 0.188 e. The van der Waals surface area contributed by atoms with E-state index in [-0.39, 0.29) is 5.84 Å². The minimum Gasteiger partial charge on any atom is -0.409 e. The first kappa shape index (κ1) is 14.0. The van der Waals surface area contributed by atoms with Gasteiger partial charge in [-0.3, -0.25) is 9.88 Å². The number of aryl methyl sites for hydroxylation is 1. The van der Waals surface area contributed by atoms with Crippen LogP contribution >= 0.6 is 0 Å². The summed E-state index contributed by atoms with van der Waals surface area (Å²) in [6.07, 6.45) is 5.36. The van der Waals surface area contributed by atoms with Crippen LogP contribution in [0.15, 0.2) is 35.9 Å². The van der Waals surface area contributed by atoms with Crippen LogP contribution in [0, 0.1) is 0 Å². The summed E-state index contributed by atoms with van der Waals surface area (Å²) in [5.74, 6) is 1.01. The number of pyridine rings is 1. The maximum atomic E-state index is 8.66. The van der Waals surface area contributed by atoms with Crippen LogP contribution in [-0.4, -0.2) is 37.5 Å². The highest BCUT2D eigenvalue weighted by atomic mass is 16.4. The SMILES string of the molecule is CN(Cc1ccnc(C(N)=NO)c1)Cc1nccn1C. The van der Waals surface area contributed by atoms with Gasteiger partial charge < -0.3 is 15.5 Å². The highest BCUT2D eigenvalue weighted by Crippen LogP contribution is 2.07. The molecular formula is C13H18N6O. The highest BCUT2D eigenvalue weighted by molar-refractivity contribution is 5.95. The summed E-state index contributed by atoms with van der Waals surface area (Å²) in [7, 11) is 3.98. The molecule has 2 aromatic heterocycles. The number of oxime groups is 1. The molecule has 3 N–H and O–H groups in total. The Hall–Kier alpha value is -2.41. The molecule has 0 amide bonds. The molecule has 0 saturated carbocycles. The topological polar surface area (TPSA) is 92.6 Å². The van der Waals surface area contributed by atoms with Gasteiger partial charge in [-0.2, -0.15) is 0 Å². The van der Waals surface area contributed by atoms with Crippen molar-refractivity contribution in [3.63, 3.8) is 0 Å². The molecule has 0 aliphatic carbocycles. The summed E-state index contributed by atoms with van der Waals surface area (Å²) in [6, 6.07) is 3.72. The number of rotatable bonds is 5. The normalized spacial score (nSPS) is 12.1. The third kappa shape index (κ3) is 3.33. The van der Waals surface area contributed by atoms with Crippen molar-refractivity contribution in [1.29, 1.82) is 0 Å². The van der Waals surface area contributed by atoms with Gasteiger partial charge in [0.2, 0.25) is 0 Å². The van der Waals surface area contributed by atoms with Gasteiger partial charge in [0.15, 0.2) is 5.84 Å². The summed E-state index contributed by atoms with van der Waals surface area (Å²) in [5, 5.41) is 11.6. The molecule has 2 rings (SSSR count). The summed E-state index contributed by atoms with van der Waals surface area (Å²) < 4.78 is 1.99. The maximum Gasteiger partial charge on any atom is 0.188 e. The number of hydrogen-bond donors (Lipinski definition) is 2. The lowest BCUT2D eigenvalue weighted by atomic mass is 10.2. The quantitative estimate of drug-likeness (QED) is 0.359. The first-order valence-corrected chi connectivity index (χ1v) is 6.17. The average Bonchev–Trinajstić information content (AvgIpc) is 2.83. The molecule has 0 aromatic carbocycles. The van der Waals surface area contributed by atoms with Crippen molar-refractivity contribution in [2.45, 2.75) is 13.1 Å². The maximum absolute atomic E-state index is 8.66. The van der Waals surface area contributed by atoms with Crippen LogP contribution < -0.4 is 5.73 Å². The predicted molar refractivity (Wildman–Crippen MR) is 75.1 cm³/mol. The second kappa shape index (κ2) is 6.16. The zero-order valence-electron chi connectivity index (χ0n) is 11.6. The van der Waals surface area contributed by atoms with Gasteiger partial charge in [0.05, 0.1) is 6.54 Å². The lowest BCUT2D eigenvalue weighted by Crippen LogP contribution is -2.20. The van der Waals surface area contributed by atoms with Crippen LogP contribution in [0.25, 0.3) is 0 Å². The minimum absolute atomic E-state index is 0.0126. The number of nitrogens with zero attached hydrogens (tertiary/aromatic N) is 5. The Balaban J connectivity index is 2.04. The van der Waals surface area contributed by atoms with Crippen LogP contribution in [0.5, 0.6) is 0 Å². The van der Waals surface area contributed by atoms with Gasteiger partial charge in [0.25, 0.3) is 0 Å². The van der Waals surface area contributed by atoms with Crippen LogP contribution in [0.2, 0.25) is 0 Å². The number of aromatic nitrogens is 3. The van der Waals surface area contributed by atoms with Crippen molar-refractivity contribution in [2.24, 2.45) is 17.9 Å². The molecule has 0 radical (unpaired) electrons. The van der Waals surface area contributed by atoms with Gasteiger partial charge in [-0.25, -0.2) is 4.98 Å². The second-order valence-electron chi connectivity index (χ2n) is 4.66. The van der Waals surface area contributed by atoms with Gasteiger partial charge in [0.1, 0.15) is 11.5 Å². The van der Waals surface area contributed by atoms with Gasteiger partial charge in [-0.1, -0.05) is 5.16 Å². The minimum atomic E-state index is 0.0126. The van der Waals surface area contributed by atoms with E-state index in [0.29, 0.717) is 5.69 Å². The molecule has 0 unspecified atom stereocenters. The zero-order chi connectivity index (χ0) is 14.5. The molecular weight excluding hydrogens is 256 g/mol. The molecule has 0 saturated heterocycles. The Morgan fingerprint density at radius 3 is 2.85 bits per heavy atom. The van der Waals surface area contributed by atoms with Crippen LogP contribution in [0.4, 0.5) is 0 Å². The fraction of sp³-hybridized carbons (Fsp3) is 0.308. The Morgan fingerprint density at radius 2 is 2.20 bits per heavy atom. The Bertz CT molecular complexity index is 606. The van der Waals surface area contributed by atoms with E-state index in [1.54, 1.807) is 12.4 Å². The molecule has 0 aliphatic rings. The lowest BCUT2D eigenvalue weighted by Gasteiger charge is -2.16. The van der Waals surface area contributed by atoms with Crippen molar-refractivity contribution < 1.29 is 5.21 Å². The zero-order valence-corrected chi connectivity index (χ0v) is 11.6. The van der Waals surface area contributed by atoms with E-state index in [1.165, 1.54) is 0 Å². The predicted octanol–water partition coefficient (Wildman–Crippen LogP) is 0.542. The first-order valence-electron chi connectivity index (χ1n) is 6.17. The van der Waals surface area contributed by atoms with E-state index in [2.05, 4.69) is 20.0 Å². The van der Waals surface area contributed by atoms with Crippen LogP contribution in [0.1, 0.15) is 17.1 Å². The van der Waals surface area contributed by atoms with Gasteiger partial charge in [-0.05, 0) is 24.7 Å². The van der Waals surface area contributed by atoms with Crippen LogP contribution in [-0.2, 0) is 20.1 Å². The van der Waals surface area contributed by atoms with E-state index >= 15 is 0 Å². The summed E-state index contributed by atoms with van der Waals surface area (Å²) in [4.78, 5) is 10.5. The van der Waals surface area contributed by atoms with E-state index < -0.39 is 0 Å². The monoisotopic (exact) mass is 274 g/mol. The fourth-order valence-electron chi connectivity index (χ4n) is 1.92. The molecule has 106 valence electrons. The molecule has 0 spiro atoms. The van der Waals surface area contributed by atoms with Crippen molar-refractivity contribution in [3.8, 4) is 0 Å². The molecule has 0 bridgehead atoms. The number of imidazole rings is 1. The van der Waals surface area contributed by atoms with Gasteiger partial charge in [0, 0.05) is 32.2 Å². The average molecular weight is 274 g/mol. The fourth-order valence-corrected chi connectivity index (χ4v) is 1.92. The number of nitrogens with two attached hydrogens (primary N) is 1. The molecule has 7 heteroatoms. The number of hydrogen-bond acceptors (Lipinski definition) is 5. The van der Waals surface area contributed by atoms with E-state index in [4.69, 9.17) is 10.9 Å². The molecule has 0 fully saturated rings. The van der Waals surface area contributed by atoms with E-state index in [9.17, 15) is 0 Å². The Kier molecular flexibility index (Phi) is 4.31. The van der Waals surface area contributed by atoms with Gasteiger partial charge in [-0.15, -0.1) is 0 Å². The van der Waals surface area contributed by atoms with Gasteiger partial charge >= 0.3 is 0 Å². The van der Waals surface area contributed by atoms with Crippen molar-refractivity contribution >= 4 is 5.84 Å². The van der Waals surface area contributed by atoms with Crippen LogP contribution in [0.3, 0.4) is 0 Å². The molecule has 2 heterocycles. The third-order valence-corrected chi connectivity index (χ3v) is 2.98. The molecule has 0 atom stereocenters. The van der Waals surface area contributed by atoms with E-state index in [0.717, 1.165) is 24.5 Å². The van der Waals surface area contributed by atoms with Crippen molar-refractivity contribution in [2.75, 3.05) is 7.05 Å². The summed E-state index contributed by atoms with van der Waals surface area (Å²) >= 11 is 0. The standard InChI is InChI=1S/C13H18N6O/c1-18(9-12-16-5-6-19(12)2)8-10-3-4-15-11(7-10)13(14)17-20/h3-7,20H,8-9H2,1-2H3,(H2,14,17). The van der Waals surface area contributed by atoms with Crippen molar-refractivity contribution in [1.82, 2.24) is 19.4 Å². The third-order valence-electron chi connectivity index (χ3n) is 2.98. The van der Waals surface area contributed by atoms with E-state index in [1.807, 2.05) is 37.0 Å².